The molecule has 1 N–H and O–H groups in total. The lowest BCUT2D eigenvalue weighted by Crippen LogP contribution is -2.38. The van der Waals surface area contributed by atoms with E-state index in [1.54, 1.807) is 0 Å². The van der Waals surface area contributed by atoms with E-state index in [2.05, 4.69) is 24.0 Å². The van der Waals surface area contributed by atoms with Crippen LogP contribution in [0.5, 0.6) is 0 Å². The molecule has 1 aliphatic rings. The van der Waals surface area contributed by atoms with E-state index in [0.717, 1.165) is 18.2 Å². The second-order valence-corrected chi connectivity index (χ2v) is 5.45. The summed E-state index contributed by atoms with van der Waals surface area (Å²) in [6.45, 7) is 6.39. The summed E-state index contributed by atoms with van der Waals surface area (Å²) in [4.78, 5) is 2.61. The molecule has 100 valence electrons. The Morgan fingerprint density at radius 3 is 2.61 bits per heavy atom. The van der Waals surface area contributed by atoms with Crippen molar-refractivity contribution in [1.29, 1.82) is 0 Å². The van der Waals surface area contributed by atoms with Gasteiger partial charge in [0.05, 0.1) is 6.10 Å². The minimum absolute atomic E-state index is 0.363. The molecule has 0 saturated carbocycles. The van der Waals surface area contributed by atoms with Crippen LogP contribution in [0.1, 0.15) is 56.8 Å². The van der Waals surface area contributed by atoms with E-state index in [4.69, 9.17) is 0 Å². The molecule has 18 heavy (non-hydrogen) atoms. The van der Waals surface area contributed by atoms with Gasteiger partial charge in [-0.1, -0.05) is 37.6 Å². The number of rotatable bonds is 4. The summed E-state index contributed by atoms with van der Waals surface area (Å²) in [5, 5.41) is 9.51. The molecule has 1 saturated heterocycles. The number of piperidine rings is 1. The summed E-state index contributed by atoms with van der Waals surface area (Å²) in [5.41, 5.74) is 2.36. The van der Waals surface area contributed by atoms with E-state index < -0.39 is 0 Å². The minimum Gasteiger partial charge on any atom is -0.389 e. The molecule has 1 aromatic rings. The van der Waals surface area contributed by atoms with E-state index in [1.165, 1.54) is 37.8 Å². The highest BCUT2D eigenvalue weighted by molar-refractivity contribution is 5.23. The third-order valence-corrected chi connectivity index (χ3v) is 4.07. The van der Waals surface area contributed by atoms with Crippen molar-refractivity contribution in [3.63, 3.8) is 0 Å². The van der Waals surface area contributed by atoms with Crippen LogP contribution < -0.4 is 0 Å². The van der Waals surface area contributed by atoms with Gasteiger partial charge in [0.2, 0.25) is 0 Å². The topological polar surface area (TPSA) is 23.5 Å². The smallest absolute Gasteiger partial charge is 0.0761 e. The van der Waals surface area contributed by atoms with E-state index in [9.17, 15) is 5.11 Å². The zero-order valence-electron chi connectivity index (χ0n) is 11.6. The fraction of sp³-hybridized carbons (Fsp3) is 0.625. The van der Waals surface area contributed by atoms with Crippen LogP contribution in [0.2, 0.25) is 0 Å². The lowest BCUT2D eigenvalue weighted by atomic mass is 9.99. The third kappa shape index (κ3) is 3.33. The van der Waals surface area contributed by atoms with Crippen molar-refractivity contribution in [3.8, 4) is 0 Å². The molecule has 2 nitrogen and oxygen atoms in total. The summed E-state index contributed by atoms with van der Waals surface area (Å²) in [6, 6.07) is 9.16. The van der Waals surface area contributed by atoms with Crippen molar-refractivity contribution in [3.05, 3.63) is 35.4 Å². The molecule has 1 heterocycles. The van der Waals surface area contributed by atoms with Crippen LogP contribution in [0.4, 0.5) is 0 Å². The number of aliphatic hydroxyl groups excluding tert-OH is 1. The maximum absolute atomic E-state index is 9.51. The van der Waals surface area contributed by atoms with Crippen molar-refractivity contribution < 1.29 is 5.11 Å². The van der Waals surface area contributed by atoms with Crippen LogP contribution in [-0.4, -0.2) is 22.6 Å². The molecule has 0 aromatic heterocycles. The Hall–Kier alpha value is -0.860. The summed E-state index contributed by atoms with van der Waals surface area (Å²) < 4.78 is 0. The number of aliphatic hydroxyl groups is 1. The SMILES string of the molecule is CCC1CCCCN1Cc1ccc(C(C)O)cc1. The van der Waals surface area contributed by atoms with Gasteiger partial charge in [0, 0.05) is 12.6 Å². The van der Waals surface area contributed by atoms with Gasteiger partial charge in [-0.25, -0.2) is 0 Å². The second kappa shape index (κ2) is 6.35. The normalized spacial score (nSPS) is 22.9. The highest BCUT2D eigenvalue weighted by atomic mass is 16.3. The van der Waals surface area contributed by atoms with Crippen LogP contribution in [-0.2, 0) is 6.54 Å². The van der Waals surface area contributed by atoms with Crippen molar-refractivity contribution >= 4 is 0 Å². The van der Waals surface area contributed by atoms with Crippen molar-refractivity contribution in [2.75, 3.05) is 6.54 Å². The fourth-order valence-electron chi connectivity index (χ4n) is 2.87. The number of hydrogen-bond donors (Lipinski definition) is 1. The molecule has 2 rings (SSSR count). The minimum atomic E-state index is -0.363. The van der Waals surface area contributed by atoms with Gasteiger partial charge in [0.25, 0.3) is 0 Å². The maximum atomic E-state index is 9.51. The lowest BCUT2D eigenvalue weighted by Gasteiger charge is -2.35. The Morgan fingerprint density at radius 2 is 2.00 bits per heavy atom. The first kappa shape index (κ1) is 13.6. The second-order valence-electron chi connectivity index (χ2n) is 5.45. The Bertz CT molecular complexity index is 358. The van der Waals surface area contributed by atoms with Gasteiger partial charge in [-0.05, 0) is 43.9 Å². The highest BCUT2D eigenvalue weighted by Crippen LogP contribution is 2.22. The number of hydrogen-bond acceptors (Lipinski definition) is 2. The Kier molecular flexibility index (Phi) is 4.79. The van der Waals surface area contributed by atoms with E-state index in [-0.39, 0.29) is 6.10 Å². The van der Waals surface area contributed by atoms with Gasteiger partial charge in [0.15, 0.2) is 0 Å². The molecular formula is C16H25NO. The first-order chi connectivity index (χ1) is 8.70. The van der Waals surface area contributed by atoms with E-state index in [0.29, 0.717) is 0 Å². The van der Waals surface area contributed by atoms with Gasteiger partial charge < -0.3 is 5.11 Å². The fourth-order valence-corrected chi connectivity index (χ4v) is 2.87. The maximum Gasteiger partial charge on any atom is 0.0761 e. The largest absolute Gasteiger partial charge is 0.389 e. The summed E-state index contributed by atoms with van der Waals surface area (Å²) in [6.07, 6.45) is 4.96. The molecule has 1 aromatic carbocycles. The third-order valence-electron chi connectivity index (χ3n) is 4.07. The van der Waals surface area contributed by atoms with Crippen LogP contribution >= 0.6 is 0 Å². The standard InChI is InChI=1S/C16H25NO/c1-3-16-6-4-5-11-17(16)12-14-7-9-15(10-8-14)13(2)18/h7-10,13,16,18H,3-6,11-12H2,1-2H3. The molecule has 0 amide bonds. The lowest BCUT2D eigenvalue weighted by molar-refractivity contribution is 0.136. The average Bonchev–Trinajstić information content (AvgIpc) is 2.40. The monoisotopic (exact) mass is 247 g/mol. The number of nitrogens with zero attached hydrogens (tertiary/aromatic N) is 1. The molecule has 2 atom stereocenters. The van der Waals surface area contributed by atoms with Crippen molar-refractivity contribution in [1.82, 2.24) is 4.90 Å². The van der Waals surface area contributed by atoms with Gasteiger partial charge in [-0.3, -0.25) is 4.90 Å². The Labute approximate surface area is 111 Å². The predicted molar refractivity (Wildman–Crippen MR) is 75.4 cm³/mol. The number of benzene rings is 1. The first-order valence-corrected chi connectivity index (χ1v) is 7.21. The highest BCUT2D eigenvalue weighted by Gasteiger charge is 2.20. The molecular weight excluding hydrogens is 222 g/mol. The van der Waals surface area contributed by atoms with Crippen molar-refractivity contribution in [2.45, 2.75) is 58.2 Å². The van der Waals surface area contributed by atoms with Gasteiger partial charge >= 0.3 is 0 Å². The van der Waals surface area contributed by atoms with Gasteiger partial charge in [0.1, 0.15) is 0 Å². The van der Waals surface area contributed by atoms with Gasteiger partial charge in [-0.15, -0.1) is 0 Å². The predicted octanol–water partition coefficient (Wildman–Crippen LogP) is 3.50. The number of likely N-dealkylation sites (tertiary alicyclic amines) is 1. The van der Waals surface area contributed by atoms with E-state index in [1.807, 2.05) is 19.1 Å². The quantitative estimate of drug-likeness (QED) is 0.880. The molecule has 2 heteroatoms. The van der Waals surface area contributed by atoms with Crippen LogP contribution in [0.25, 0.3) is 0 Å². The Balaban J connectivity index is 1.99. The summed E-state index contributed by atoms with van der Waals surface area (Å²) >= 11 is 0. The first-order valence-electron chi connectivity index (χ1n) is 7.21. The van der Waals surface area contributed by atoms with Crippen molar-refractivity contribution in [2.24, 2.45) is 0 Å². The van der Waals surface area contributed by atoms with Crippen LogP contribution in [0.15, 0.2) is 24.3 Å². The Morgan fingerprint density at radius 1 is 1.28 bits per heavy atom. The molecule has 2 unspecified atom stereocenters. The molecule has 0 bridgehead atoms. The average molecular weight is 247 g/mol. The zero-order valence-corrected chi connectivity index (χ0v) is 11.6. The zero-order chi connectivity index (χ0) is 13.0. The van der Waals surface area contributed by atoms with Crippen LogP contribution in [0, 0.1) is 0 Å². The van der Waals surface area contributed by atoms with Crippen LogP contribution in [0.3, 0.4) is 0 Å². The molecule has 0 aliphatic carbocycles. The van der Waals surface area contributed by atoms with E-state index >= 15 is 0 Å². The molecule has 1 aliphatic heterocycles. The molecule has 1 fully saturated rings. The van der Waals surface area contributed by atoms with Gasteiger partial charge in [-0.2, -0.15) is 0 Å². The molecule has 0 radical (unpaired) electrons. The summed E-state index contributed by atoms with van der Waals surface area (Å²) in [7, 11) is 0. The molecule has 0 spiro atoms. The summed E-state index contributed by atoms with van der Waals surface area (Å²) in [5.74, 6) is 0.